The summed E-state index contributed by atoms with van der Waals surface area (Å²) in [6.07, 6.45) is 0. The Balaban J connectivity index is 2.99. The topological polar surface area (TPSA) is 40.2 Å². The van der Waals surface area contributed by atoms with Crippen LogP contribution in [0.2, 0.25) is 0 Å². The van der Waals surface area contributed by atoms with E-state index in [1.54, 1.807) is 0 Å². The van der Waals surface area contributed by atoms with Gasteiger partial charge in [-0.15, -0.1) is 8.83 Å². The molecule has 2 unspecified atom stereocenters. The van der Waals surface area contributed by atoms with Gasteiger partial charge in [0.2, 0.25) is 0 Å². The molecule has 0 amide bonds. The molecule has 0 aromatic heterocycles. The molecule has 1 rings (SSSR count). The second-order valence-corrected chi connectivity index (χ2v) is 6.92. The lowest BCUT2D eigenvalue weighted by Crippen LogP contribution is -2.36. The smallest absolute Gasteiger partial charge is 0.192 e. The molecule has 0 radical (unpaired) electrons. The minimum atomic E-state index is -3.15. The van der Waals surface area contributed by atoms with Gasteiger partial charge in [0.05, 0.1) is 0 Å². The zero-order chi connectivity index (χ0) is 10.7. The van der Waals surface area contributed by atoms with E-state index < -0.39 is 10.2 Å². The Morgan fingerprint density at radius 3 is 1.08 bits per heavy atom. The molecule has 0 spiro atoms. The molecule has 1 heterocycles. The van der Waals surface area contributed by atoms with Gasteiger partial charge < -0.3 is 0 Å². The van der Waals surface area contributed by atoms with Gasteiger partial charge in [0.1, 0.15) is 0 Å². The molecule has 0 aromatic rings. The van der Waals surface area contributed by atoms with Gasteiger partial charge >= 0.3 is 10.2 Å². The Kier molecular flexibility index (Phi) is 2.07. The third-order valence-corrected chi connectivity index (χ3v) is 3.88. The van der Waals surface area contributed by atoms with E-state index in [1.807, 2.05) is 41.5 Å². The van der Waals surface area contributed by atoms with Gasteiger partial charge in [0.25, 0.3) is 0 Å². The van der Waals surface area contributed by atoms with Crippen molar-refractivity contribution in [3.63, 3.8) is 0 Å². The summed E-state index contributed by atoms with van der Waals surface area (Å²) >= 11 is 0. The van der Waals surface area contributed by atoms with E-state index in [9.17, 15) is 8.42 Å². The van der Waals surface area contributed by atoms with Gasteiger partial charge in [-0.05, 0) is 41.5 Å². The zero-order valence-electron chi connectivity index (χ0n) is 9.12. The van der Waals surface area contributed by atoms with Gasteiger partial charge in [0.15, 0.2) is 0 Å². The molecule has 0 bridgehead atoms. The summed E-state index contributed by atoms with van der Waals surface area (Å²) in [4.78, 5) is 0. The van der Waals surface area contributed by atoms with Crippen molar-refractivity contribution in [3.05, 3.63) is 0 Å². The maximum atomic E-state index is 11.6. The predicted octanol–water partition coefficient (Wildman–Crippen LogP) is 1.36. The van der Waals surface area contributed by atoms with Crippen LogP contribution in [0.5, 0.6) is 0 Å². The SMILES string of the molecule is CC(C)(C)N1N(C(C)(C)C)S1(=O)=O. The summed E-state index contributed by atoms with van der Waals surface area (Å²) in [6, 6.07) is 0. The first-order valence-corrected chi connectivity index (χ1v) is 5.74. The molecule has 0 aromatic carbocycles. The molecule has 5 heteroatoms. The Labute approximate surface area is 80.7 Å². The third kappa shape index (κ3) is 1.73. The van der Waals surface area contributed by atoms with Crippen LogP contribution in [0, 0.1) is 0 Å². The van der Waals surface area contributed by atoms with Crippen molar-refractivity contribution >= 4 is 10.2 Å². The molecule has 0 saturated carbocycles. The highest BCUT2D eigenvalue weighted by Gasteiger charge is 2.62. The fourth-order valence-corrected chi connectivity index (χ4v) is 3.73. The van der Waals surface area contributed by atoms with Crippen molar-refractivity contribution in [1.82, 2.24) is 8.83 Å². The lowest BCUT2D eigenvalue weighted by atomic mass is 10.1. The number of hydrazine groups is 1. The summed E-state index contributed by atoms with van der Waals surface area (Å²) in [5, 5.41) is 0. The zero-order valence-corrected chi connectivity index (χ0v) is 9.94. The van der Waals surface area contributed by atoms with Crippen LogP contribution in [-0.2, 0) is 10.2 Å². The van der Waals surface area contributed by atoms with Crippen molar-refractivity contribution < 1.29 is 8.42 Å². The quantitative estimate of drug-likeness (QED) is 0.561. The Bertz CT molecular complexity index is 282. The molecule has 0 aliphatic carbocycles. The first-order chi connectivity index (χ1) is 5.49. The highest BCUT2D eigenvalue weighted by molar-refractivity contribution is 7.92. The van der Waals surface area contributed by atoms with Gasteiger partial charge in [0, 0.05) is 11.1 Å². The summed E-state index contributed by atoms with van der Waals surface area (Å²) in [7, 11) is -3.15. The van der Waals surface area contributed by atoms with Crippen molar-refractivity contribution in [1.29, 1.82) is 0 Å². The molecular formula is C8H18N2O2S. The second-order valence-electron chi connectivity index (χ2n) is 5.34. The molecule has 0 N–H and O–H groups in total. The lowest BCUT2D eigenvalue weighted by Gasteiger charge is -2.22. The third-order valence-electron chi connectivity index (χ3n) is 1.73. The van der Waals surface area contributed by atoms with E-state index in [-0.39, 0.29) is 11.1 Å². The number of hydrogen-bond donors (Lipinski definition) is 0. The van der Waals surface area contributed by atoms with E-state index in [4.69, 9.17) is 0 Å². The number of rotatable bonds is 0. The largest absolute Gasteiger partial charge is 0.311 e. The number of nitrogens with zero attached hydrogens (tertiary/aromatic N) is 2. The van der Waals surface area contributed by atoms with Crippen molar-refractivity contribution in [2.45, 2.75) is 52.6 Å². The predicted molar refractivity (Wildman–Crippen MR) is 52.1 cm³/mol. The van der Waals surface area contributed by atoms with E-state index in [0.29, 0.717) is 0 Å². The van der Waals surface area contributed by atoms with Crippen molar-refractivity contribution in [3.8, 4) is 0 Å². The molecule has 1 aliphatic heterocycles. The van der Waals surface area contributed by atoms with Crippen molar-refractivity contribution in [2.24, 2.45) is 0 Å². The van der Waals surface area contributed by atoms with Crippen LogP contribution in [-0.4, -0.2) is 28.3 Å². The van der Waals surface area contributed by atoms with E-state index in [0.717, 1.165) is 0 Å². The molecule has 13 heavy (non-hydrogen) atoms. The van der Waals surface area contributed by atoms with Crippen LogP contribution < -0.4 is 0 Å². The van der Waals surface area contributed by atoms with E-state index >= 15 is 0 Å². The van der Waals surface area contributed by atoms with Crippen LogP contribution >= 0.6 is 0 Å². The summed E-state index contributed by atoms with van der Waals surface area (Å²) in [5.74, 6) is 0. The minimum Gasteiger partial charge on any atom is -0.192 e. The lowest BCUT2D eigenvalue weighted by molar-refractivity contribution is 0.110. The Morgan fingerprint density at radius 1 is 0.769 bits per heavy atom. The highest BCUT2D eigenvalue weighted by atomic mass is 32.2. The fourth-order valence-electron chi connectivity index (χ4n) is 1.39. The van der Waals surface area contributed by atoms with Crippen LogP contribution in [0.1, 0.15) is 41.5 Å². The molecule has 1 aliphatic rings. The van der Waals surface area contributed by atoms with Gasteiger partial charge in [-0.1, -0.05) is 0 Å². The first kappa shape index (κ1) is 10.9. The summed E-state index contributed by atoms with van der Waals surface area (Å²) in [6.45, 7) is 11.3. The molecule has 4 nitrogen and oxygen atoms in total. The summed E-state index contributed by atoms with van der Waals surface area (Å²) in [5.41, 5.74) is -0.710. The Morgan fingerprint density at radius 2 is 1.00 bits per heavy atom. The van der Waals surface area contributed by atoms with Gasteiger partial charge in [-0.25, -0.2) is 0 Å². The van der Waals surface area contributed by atoms with Gasteiger partial charge in [-0.2, -0.15) is 8.42 Å². The highest BCUT2D eigenvalue weighted by Crippen LogP contribution is 2.43. The maximum Gasteiger partial charge on any atom is 0.311 e. The molecule has 78 valence electrons. The average Bonchev–Trinajstić information content (AvgIpc) is 2.29. The molecule has 2 atom stereocenters. The monoisotopic (exact) mass is 206 g/mol. The Hall–Kier alpha value is -0.130. The fraction of sp³-hybridized carbons (Fsp3) is 1.00. The summed E-state index contributed by atoms with van der Waals surface area (Å²) < 4.78 is 26.0. The minimum absolute atomic E-state index is 0.355. The van der Waals surface area contributed by atoms with Crippen LogP contribution in [0.15, 0.2) is 0 Å². The molecular weight excluding hydrogens is 188 g/mol. The van der Waals surface area contributed by atoms with Crippen LogP contribution in [0.4, 0.5) is 0 Å². The van der Waals surface area contributed by atoms with Crippen LogP contribution in [0.3, 0.4) is 0 Å². The standard InChI is InChI=1S/C8H18N2O2S/c1-7(2,3)9-10(8(4,5)6)13(9,11)12/h1-6H3. The first-order valence-electron chi connectivity index (χ1n) is 4.35. The molecule has 1 saturated heterocycles. The maximum absolute atomic E-state index is 11.6. The van der Waals surface area contributed by atoms with Crippen LogP contribution in [0.25, 0.3) is 0 Å². The average molecular weight is 206 g/mol. The van der Waals surface area contributed by atoms with Crippen molar-refractivity contribution in [2.75, 3.05) is 0 Å². The van der Waals surface area contributed by atoms with E-state index in [1.165, 1.54) is 8.83 Å². The van der Waals surface area contributed by atoms with E-state index in [2.05, 4.69) is 0 Å². The molecule has 1 fully saturated rings. The normalized spacial score (nSPS) is 33.1. The van der Waals surface area contributed by atoms with Gasteiger partial charge in [-0.3, -0.25) is 0 Å². The second kappa shape index (κ2) is 2.46. The number of hydrogen-bond acceptors (Lipinski definition) is 2.